The van der Waals surface area contributed by atoms with Gasteiger partial charge >= 0.3 is 0 Å². The Morgan fingerprint density at radius 2 is 1.47 bits per heavy atom. The van der Waals surface area contributed by atoms with Crippen LogP contribution in [-0.4, -0.2) is 43.8 Å². The quantitative estimate of drug-likeness (QED) is 0.168. The fourth-order valence-electron chi connectivity index (χ4n) is 4.69. The number of hydrogen-bond donors (Lipinski definition) is 1. The minimum Gasteiger partial charge on any atom is -0.352 e. The number of amides is 2. The highest BCUT2D eigenvalue weighted by atomic mass is 35.5. The van der Waals surface area contributed by atoms with Crippen LogP contribution in [0.5, 0.6) is 0 Å². The van der Waals surface area contributed by atoms with E-state index >= 15 is 0 Å². The number of carbonyl (C=O) groups is 2. The molecule has 236 valence electrons. The summed E-state index contributed by atoms with van der Waals surface area (Å²) < 4.78 is 42.7. The third-order valence-corrected chi connectivity index (χ3v) is 9.86. The SMILES string of the molecule is CC[C@@H](C)NC(=O)[C@@H](Cc1ccccc1)N(Cc1ccc(Cl)c(Cl)c1)C(=O)CN(c1ccc(F)cc1)S(=O)(=O)c1ccccc1. The Hall–Kier alpha value is -3.92. The van der Waals surface area contributed by atoms with Crippen molar-refractivity contribution in [2.75, 3.05) is 10.8 Å². The molecular formula is C34H34Cl2FN3O4S. The second-order valence-corrected chi connectivity index (χ2v) is 13.3. The molecule has 7 nitrogen and oxygen atoms in total. The van der Waals surface area contributed by atoms with Crippen molar-refractivity contribution in [3.63, 3.8) is 0 Å². The first-order valence-corrected chi connectivity index (χ1v) is 16.6. The number of rotatable bonds is 13. The summed E-state index contributed by atoms with van der Waals surface area (Å²) in [6.07, 6.45) is 0.830. The smallest absolute Gasteiger partial charge is 0.264 e. The van der Waals surface area contributed by atoms with Crippen molar-refractivity contribution in [2.45, 2.75) is 50.2 Å². The standard InChI is InChI=1S/C34H34Cl2FN3O4S/c1-3-24(2)38-34(42)32(21-25-10-6-4-7-11-25)39(22-26-14-19-30(35)31(36)20-26)33(41)23-40(28-17-15-27(37)16-18-28)45(43,44)29-12-8-5-9-13-29/h4-20,24,32H,3,21-23H2,1-2H3,(H,38,42)/t24-,32-/m1/s1. The van der Waals surface area contributed by atoms with Gasteiger partial charge in [0.2, 0.25) is 11.8 Å². The van der Waals surface area contributed by atoms with E-state index in [1.54, 1.807) is 36.4 Å². The van der Waals surface area contributed by atoms with Crippen LogP contribution in [-0.2, 0) is 32.6 Å². The van der Waals surface area contributed by atoms with Crippen molar-refractivity contribution in [1.29, 1.82) is 0 Å². The van der Waals surface area contributed by atoms with E-state index in [1.807, 2.05) is 44.2 Å². The van der Waals surface area contributed by atoms with Crippen molar-refractivity contribution in [3.8, 4) is 0 Å². The molecule has 0 spiro atoms. The molecule has 0 aliphatic carbocycles. The summed E-state index contributed by atoms with van der Waals surface area (Å²) in [5, 5.41) is 3.58. The number of nitrogens with one attached hydrogen (secondary N) is 1. The molecule has 1 N–H and O–H groups in total. The number of benzene rings is 4. The monoisotopic (exact) mass is 669 g/mol. The predicted molar refractivity (Wildman–Crippen MR) is 176 cm³/mol. The molecule has 2 amide bonds. The zero-order chi connectivity index (χ0) is 32.6. The molecule has 4 aromatic rings. The van der Waals surface area contributed by atoms with E-state index in [-0.39, 0.29) is 40.5 Å². The lowest BCUT2D eigenvalue weighted by molar-refractivity contribution is -0.140. The minimum absolute atomic E-state index is 0.0477. The molecular weight excluding hydrogens is 636 g/mol. The second-order valence-electron chi connectivity index (χ2n) is 10.6. The lowest BCUT2D eigenvalue weighted by Crippen LogP contribution is -2.54. The molecule has 2 atom stereocenters. The molecule has 0 aliphatic rings. The Morgan fingerprint density at radius 3 is 2.07 bits per heavy atom. The van der Waals surface area contributed by atoms with Gasteiger partial charge < -0.3 is 10.2 Å². The van der Waals surface area contributed by atoms with Crippen LogP contribution in [0.1, 0.15) is 31.4 Å². The average Bonchev–Trinajstić information content (AvgIpc) is 3.04. The topological polar surface area (TPSA) is 86.8 Å². The van der Waals surface area contributed by atoms with Crippen LogP contribution < -0.4 is 9.62 Å². The number of hydrogen-bond acceptors (Lipinski definition) is 4. The maximum Gasteiger partial charge on any atom is 0.264 e. The maximum absolute atomic E-state index is 14.4. The first kappa shape index (κ1) is 34.0. The van der Waals surface area contributed by atoms with Crippen molar-refractivity contribution in [1.82, 2.24) is 10.2 Å². The van der Waals surface area contributed by atoms with Crippen LogP contribution >= 0.6 is 23.2 Å². The summed E-state index contributed by atoms with van der Waals surface area (Å²) in [6, 6.07) is 25.4. The van der Waals surface area contributed by atoms with E-state index in [9.17, 15) is 22.4 Å². The highest BCUT2D eigenvalue weighted by molar-refractivity contribution is 7.92. The summed E-state index contributed by atoms with van der Waals surface area (Å²) >= 11 is 12.5. The summed E-state index contributed by atoms with van der Waals surface area (Å²) in [4.78, 5) is 29.6. The van der Waals surface area contributed by atoms with Gasteiger partial charge in [-0.05, 0) is 73.0 Å². The van der Waals surface area contributed by atoms with Crippen molar-refractivity contribution < 1.29 is 22.4 Å². The van der Waals surface area contributed by atoms with Crippen molar-refractivity contribution >= 4 is 50.7 Å². The molecule has 4 aromatic carbocycles. The van der Waals surface area contributed by atoms with E-state index in [0.717, 1.165) is 22.0 Å². The molecule has 45 heavy (non-hydrogen) atoms. The molecule has 0 aromatic heterocycles. The molecule has 0 fully saturated rings. The molecule has 0 heterocycles. The van der Waals surface area contributed by atoms with Gasteiger partial charge in [0.15, 0.2) is 0 Å². The Kier molecular flexibility index (Phi) is 11.6. The number of anilines is 1. The number of nitrogens with zero attached hydrogens (tertiary/aromatic N) is 2. The van der Waals surface area contributed by atoms with Gasteiger partial charge in [-0.25, -0.2) is 12.8 Å². The Morgan fingerprint density at radius 1 is 0.844 bits per heavy atom. The number of sulfonamides is 1. The van der Waals surface area contributed by atoms with Crippen LogP contribution in [0, 0.1) is 5.82 Å². The molecule has 0 aliphatic heterocycles. The molecule has 0 saturated heterocycles. The van der Waals surface area contributed by atoms with Crippen LogP contribution in [0.25, 0.3) is 0 Å². The molecule has 0 saturated carbocycles. The molecule has 4 rings (SSSR count). The normalized spacial score (nSPS) is 12.6. The third-order valence-electron chi connectivity index (χ3n) is 7.33. The number of halogens is 3. The predicted octanol–water partition coefficient (Wildman–Crippen LogP) is 6.88. The Labute approximate surface area is 273 Å². The summed E-state index contributed by atoms with van der Waals surface area (Å²) in [5.41, 5.74) is 1.49. The van der Waals surface area contributed by atoms with Crippen LogP contribution in [0.2, 0.25) is 10.0 Å². The van der Waals surface area contributed by atoms with Gasteiger partial charge in [0, 0.05) is 19.0 Å². The van der Waals surface area contributed by atoms with Gasteiger partial charge in [-0.1, -0.05) is 84.7 Å². The van der Waals surface area contributed by atoms with E-state index in [1.165, 1.54) is 29.2 Å². The molecule has 0 radical (unpaired) electrons. The van der Waals surface area contributed by atoms with Crippen LogP contribution in [0.15, 0.2) is 108 Å². The highest BCUT2D eigenvalue weighted by Gasteiger charge is 2.35. The Balaban J connectivity index is 1.81. The molecule has 0 unspecified atom stereocenters. The van der Waals surface area contributed by atoms with Gasteiger partial charge in [0.05, 0.1) is 20.6 Å². The van der Waals surface area contributed by atoms with E-state index in [2.05, 4.69) is 5.32 Å². The largest absolute Gasteiger partial charge is 0.352 e. The minimum atomic E-state index is -4.28. The lowest BCUT2D eigenvalue weighted by Gasteiger charge is -2.34. The van der Waals surface area contributed by atoms with Gasteiger partial charge in [0.1, 0.15) is 18.4 Å². The summed E-state index contributed by atoms with van der Waals surface area (Å²) in [7, 11) is -4.28. The van der Waals surface area contributed by atoms with E-state index in [4.69, 9.17) is 23.2 Å². The summed E-state index contributed by atoms with van der Waals surface area (Å²) in [5.74, 6) is -1.60. The molecule has 0 bridgehead atoms. The van der Waals surface area contributed by atoms with Crippen LogP contribution in [0.3, 0.4) is 0 Å². The van der Waals surface area contributed by atoms with Crippen molar-refractivity contribution in [2.24, 2.45) is 0 Å². The first-order chi connectivity index (χ1) is 21.5. The zero-order valence-corrected chi connectivity index (χ0v) is 27.2. The summed E-state index contributed by atoms with van der Waals surface area (Å²) in [6.45, 7) is 3.08. The number of carbonyl (C=O) groups excluding carboxylic acids is 2. The van der Waals surface area contributed by atoms with Gasteiger partial charge in [-0.3, -0.25) is 13.9 Å². The fraction of sp³-hybridized carbons (Fsp3) is 0.235. The third kappa shape index (κ3) is 8.84. The first-order valence-electron chi connectivity index (χ1n) is 14.4. The van der Waals surface area contributed by atoms with Gasteiger partial charge in [0.25, 0.3) is 10.0 Å². The van der Waals surface area contributed by atoms with Crippen molar-refractivity contribution in [3.05, 3.63) is 130 Å². The zero-order valence-electron chi connectivity index (χ0n) is 24.9. The fourth-order valence-corrected chi connectivity index (χ4v) is 6.44. The van der Waals surface area contributed by atoms with Gasteiger partial charge in [-0.15, -0.1) is 0 Å². The lowest BCUT2D eigenvalue weighted by atomic mass is 10.0. The average molecular weight is 671 g/mol. The highest BCUT2D eigenvalue weighted by Crippen LogP contribution is 2.27. The molecule has 11 heteroatoms. The Bertz CT molecular complexity index is 1710. The van der Waals surface area contributed by atoms with E-state index < -0.39 is 34.3 Å². The van der Waals surface area contributed by atoms with Gasteiger partial charge in [-0.2, -0.15) is 0 Å². The van der Waals surface area contributed by atoms with Crippen LogP contribution in [0.4, 0.5) is 10.1 Å². The second kappa shape index (κ2) is 15.4. The maximum atomic E-state index is 14.4. The van der Waals surface area contributed by atoms with E-state index in [0.29, 0.717) is 17.0 Å².